The number of nitrogens with zero attached hydrogens (tertiary/aromatic N) is 3. The van der Waals surface area contributed by atoms with Crippen LogP contribution in [0.5, 0.6) is 17.4 Å². The summed E-state index contributed by atoms with van der Waals surface area (Å²) in [4.78, 5) is 23.4. The molecule has 2 aromatic carbocycles. The molecule has 1 aliphatic rings. The molecule has 2 N–H and O–H groups in total. The minimum Gasteiger partial charge on any atom is -0.497 e. The van der Waals surface area contributed by atoms with Crippen molar-refractivity contribution in [1.82, 2.24) is 19.8 Å². The molecule has 0 bridgehead atoms. The van der Waals surface area contributed by atoms with E-state index >= 15 is 0 Å². The molecular formula is C26H31N5O8S. The third-order valence-corrected chi connectivity index (χ3v) is 7.77. The van der Waals surface area contributed by atoms with Crippen molar-refractivity contribution in [2.75, 3.05) is 26.8 Å². The predicted octanol–water partition coefficient (Wildman–Crippen LogP) is 3.49. The number of rotatable bonds is 12. The summed E-state index contributed by atoms with van der Waals surface area (Å²) in [5.41, 5.74) is 0.495. The van der Waals surface area contributed by atoms with E-state index in [9.17, 15) is 23.3 Å². The third kappa shape index (κ3) is 6.41. The maximum Gasteiger partial charge on any atom is 0.272 e. The fraction of sp³-hybridized carbons (Fsp3) is 0.385. The van der Waals surface area contributed by atoms with Crippen LogP contribution in [0.4, 0.5) is 5.69 Å². The zero-order valence-electron chi connectivity index (χ0n) is 22.4. The average molecular weight is 574 g/mol. The van der Waals surface area contributed by atoms with Crippen LogP contribution in [0.1, 0.15) is 42.2 Å². The second-order valence-corrected chi connectivity index (χ2v) is 10.9. The second kappa shape index (κ2) is 12.4. The molecule has 214 valence electrons. The quantitative estimate of drug-likeness (QED) is 0.244. The lowest BCUT2D eigenvalue weighted by atomic mass is 10.2. The number of aromatic nitrogens is 2. The number of nitrogens with one attached hydrogen (secondary N) is 2. The second-order valence-electron chi connectivity index (χ2n) is 9.12. The van der Waals surface area contributed by atoms with Crippen molar-refractivity contribution in [1.29, 1.82) is 0 Å². The first kappa shape index (κ1) is 29.0. The van der Waals surface area contributed by atoms with E-state index in [-0.39, 0.29) is 30.0 Å². The zero-order valence-corrected chi connectivity index (χ0v) is 23.2. The summed E-state index contributed by atoms with van der Waals surface area (Å²) in [5.74, 6) is 0.0353. The third-order valence-electron chi connectivity index (χ3n) is 6.29. The number of nitro benzene ring substituents is 1. The highest BCUT2D eigenvalue weighted by Gasteiger charge is 2.28. The number of carbonyl (C=O) groups excluding carboxylic acids is 1. The minimum absolute atomic E-state index is 0.0632. The molecule has 1 atom stereocenters. The van der Waals surface area contributed by atoms with Crippen LogP contribution in [0.3, 0.4) is 0 Å². The maximum atomic E-state index is 13.1. The highest BCUT2D eigenvalue weighted by molar-refractivity contribution is 7.89. The molecule has 0 unspecified atom stereocenters. The van der Waals surface area contributed by atoms with Crippen molar-refractivity contribution in [3.8, 4) is 23.1 Å². The molecule has 0 radical (unpaired) electrons. The molecule has 1 aliphatic heterocycles. The van der Waals surface area contributed by atoms with Gasteiger partial charge in [-0.3, -0.25) is 14.9 Å². The monoisotopic (exact) mass is 573 g/mol. The molecule has 3 aromatic rings. The molecular weight excluding hydrogens is 542 g/mol. The lowest BCUT2D eigenvalue weighted by Crippen LogP contribution is -2.32. The summed E-state index contributed by atoms with van der Waals surface area (Å²) in [6, 6.07) is 10.1. The van der Waals surface area contributed by atoms with Gasteiger partial charge in [-0.25, -0.2) is 13.1 Å². The first-order valence-electron chi connectivity index (χ1n) is 12.7. The predicted molar refractivity (Wildman–Crippen MR) is 145 cm³/mol. The van der Waals surface area contributed by atoms with E-state index in [4.69, 9.17) is 14.2 Å². The van der Waals surface area contributed by atoms with Gasteiger partial charge in [0.1, 0.15) is 16.4 Å². The number of non-ortho nitro benzene ring substituents is 1. The van der Waals surface area contributed by atoms with Crippen molar-refractivity contribution < 1.29 is 32.3 Å². The Labute approximate surface area is 231 Å². The highest BCUT2D eigenvalue weighted by atomic mass is 32.2. The Morgan fingerprint density at radius 1 is 1.25 bits per heavy atom. The lowest BCUT2D eigenvalue weighted by Gasteiger charge is -2.14. The largest absolute Gasteiger partial charge is 0.497 e. The SMILES string of the molecule is CCCNS(=O)(=O)c1cc([N+](=O)[O-])ccc1Oc1c(C)c(C(=O)NC[C@@H]2CCCO2)nn1-c1ccc(OC)cc1. The van der Waals surface area contributed by atoms with E-state index in [0.717, 1.165) is 25.0 Å². The van der Waals surface area contributed by atoms with E-state index in [1.807, 2.05) is 0 Å². The number of methoxy groups -OCH3 is 1. The standard InChI is InChI=1S/C26H31N5O8S/c1-4-13-28-40(35,36)23-15-19(31(33)34)9-12-22(23)39-26-17(2)24(25(32)27-16-21-6-5-14-38-21)29-30(26)18-7-10-20(37-3)11-8-18/h7-12,15,21,28H,4-6,13-14,16H2,1-3H3,(H,27,32)/t21-/m0/s1. The van der Waals surface area contributed by atoms with Crippen LogP contribution in [-0.4, -0.2) is 61.9 Å². The smallest absolute Gasteiger partial charge is 0.272 e. The van der Waals surface area contributed by atoms with Gasteiger partial charge in [0, 0.05) is 37.4 Å². The summed E-state index contributed by atoms with van der Waals surface area (Å²) in [6.45, 7) is 4.50. The molecule has 2 heterocycles. The fourth-order valence-corrected chi connectivity index (χ4v) is 5.41. The Morgan fingerprint density at radius 2 is 2.00 bits per heavy atom. The number of benzene rings is 2. The number of nitro groups is 1. The topological polar surface area (TPSA) is 164 Å². The molecule has 0 saturated carbocycles. The maximum absolute atomic E-state index is 13.1. The van der Waals surface area contributed by atoms with Gasteiger partial charge >= 0.3 is 0 Å². The molecule has 40 heavy (non-hydrogen) atoms. The Hall–Kier alpha value is -4.01. The zero-order chi connectivity index (χ0) is 28.9. The number of hydrogen-bond acceptors (Lipinski definition) is 9. The summed E-state index contributed by atoms with van der Waals surface area (Å²) in [7, 11) is -2.65. The van der Waals surface area contributed by atoms with Crippen molar-refractivity contribution in [3.63, 3.8) is 0 Å². The molecule has 0 spiro atoms. The summed E-state index contributed by atoms with van der Waals surface area (Å²) in [6.07, 6.45) is 2.21. The van der Waals surface area contributed by atoms with Crippen LogP contribution in [0.25, 0.3) is 5.69 Å². The first-order chi connectivity index (χ1) is 19.1. The van der Waals surface area contributed by atoms with Gasteiger partial charge in [-0.15, -0.1) is 0 Å². The van der Waals surface area contributed by atoms with E-state index in [2.05, 4.69) is 15.1 Å². The minimum atomic E-state index is -4.17. The Balaban J connectivity index is 1.78. The average Bonchev–Trinajstić information content (AvgIpc) is 3.59. The number of ether oxygens (including phenoxy) is 3. The summed E-state index contributed by atoms with van der Waals surface area (Å²) >= 11 is 0. The van der Waals surface area contributed by atoms with Crippen molar-refractivity contribution in [3.05, 3.63) is 63.8 Å². The number of carbonyl (C=O) groups is 1. The van der Waals surface area contributed by atoms with Gasteiger partial charge in [-0.2, -0.15) is 9.78 Å². The Morgan fingerprint density at radius 3 is 2.62 bits per heavy atom. The van der Waals surface area contributed by atoms with Crippen molar-refractivity contribution >= 4 is 21.6 Å². The van der Waals surface area contributed by atoms with E-state index in [0.29, 0.717) is 36.6 Å². The van der Waals surface area contributed by atoms with Crippen LogP contribution in [0, 0.1) is 17.0 Å². The molecule has 1 amide bonds. The fourth-order valence-electron chi connectivity index (χ4n) is 4.13. The van der Waals surface area contributed by atoms with Crippen LogP contribution in [-0.2, 0) is 14.8 Å². The van der Waals surface area contributed by atoms with Crippen molar-refractivity contribution in [2.45, 2.75) is 44.1 Å². The molecule has 13 nitrogen and oxygen atoms in total. The normalized spacial score (nSPS) is 15.1. The molecule has 4 rings (SSSR count). The Kier molecular flexibility index (Phi) is 9.02. The number of sulfonamides is 1. The van der Waals surface area contributed by atoms with Gasteiger partial charge in [-0.1, -0.05) is 6.92 Å². The number of hydrogen-bond donors (Lipinski definition) is 2. The van der Waals surface area contributed by atoms with Gasteiger partial charge < -0.3 is 19.5 Å². The molecule has 14 heteroatoms. The Bertz CT molecular complexity index is 1480. The summed E-state index contributed by atoms with van der Waals surface area (Å²) in [5, 5.41) is 18.7. The molecule has 0 aliphatic carbocycles. The van der Waals surface area contributed by atoms with Crippen LogP contribution in [0.2, 0.25) is 0 Å². The highest BCUT2D eigenvalue weighted by Crippen LogP contribution is 2.36. The van der Waals surface area contributed by atoms with Crippen LogP contribution >= 0.6 is 0 Å². The summed E-state index contributed by atoms with van der Waals surface area (Å²) < 4.78 is 46.9. The lowest BCUT2D eigenvalue weighted by molar-refractivity contribution is -0.385. The van der Waals surface area contributed by atoms with Crippen LogP contribution in [0.15, 0.2) is 47.4 Å². The molecule has 1 fully saturated rings. The van der Waals surface area contributed by atoms with E-state index < -0.39 is 31.4 Å². The van der Waals surface area contributed by atoms with Gasteiger partial charge in [-0.05, 0) is 56.5 Å². The van der Waals surface area contributed by atoms with Gasteiger partial charge in [0.2, 0.25) is 15.9 Å². The van der Waals surface area contributed by atoms with E-state index in [1.165, 1.54) is 17.9 Å². The van der Waals surface area contributed by atoms with E-state index in [1.54, 1.807) is 38.1 Å². The molecule has 1 aromatic heterocycles. The number of amides is 1. The van der Waals surface area contributed by atoms with Gasteiger partial charge in [0.15, 0.2) is 5.69 Å². The molecule has 1 saturated heterocycles. The van der Waals surface area contributed by atoms with Gasteiger partial charge in [0.25, 0.3) is 11.6 Å². The van der Waals surface area contributed by atoms with Gasteiger partial charge in [0.05, 0.1) is 23.8 Å². The van der Waals surface area contributed by atoms with Crippen LogP contribution < -0.4 is 19.5 Å². The van der Waals surface area contributed by atoms with Crippen molar-refractivity contribution in [2.24, 2.45) is 0 Å². The first-order valence-corrected chi connectivity index (χ1v) is 14.2.